The maximum absolute atomic E-state index is 11.1. The fourth-order valence-electron chi connectivity index (χ4n) is 3.57. The van der Waals surface area contributed by atoms with Crippen LogP contribution in [-0.4, -0.2) is 45.2 Å². The number of nitrogens with zero attached hydrogens (tertiary/aromatic N) is 3. The van der Waals surface area contributed by atoms with Gasteiger partial charge in [-0.15, -0.1) is 6.58 Å². The molecule has 1 fully saturated rings. The number of amides is 1. The first-order valence-electron chi connectivity index (χ1n) is 9.13. The number of hydrogen-bond donors (Lipinski definition) is 2. The summed E-state index contributed by atoms with van der Waals surface area (Å²) >= 11 is 0. The van der Waals surface area contributed by atoms with E-state index in [-0.39, 0.29) is 0 Å². The van der Waals surface area contributed by atoms with Crippen molar-refractivity contribution < 1.29 is 10.0 Å². The Morgan fingerprint density at radius 1 is 1.46 bits per heavy atom. The van der Waals surface area contributed by atoms with E-state index in [1.165, 1.54) is 25.5 Å². The molecule has 2 heterocycles. The van der Waals surface area contributed by atoms with Crippen molar-refractivity contribution in [3.63, 3.8) is 0 Å². The molecule has 0 bridgehead atoms. The zero-order chi connectivity index (χ0) is 18.4. The summed E-state index contributed by atoms with van der Waals surface area (Å²) in [5.74, 6) is -0.547. The smallest absolute Gasteiger partial charge is 0.267 e. The Morgan fingerprint density at radius 3 is 3.15 bits per heavy atom. The molecule has 2 N–H and O–H groups in total. The molecule has 1 aliphatic heterocycles. The molecule has 138 valence electrons. The average Bonchev–Trinajstić information content (AvgIpc) is 3.10. The minimum absolute atomic E-state index is 0.444. The Kier molecular flexibility index (Phi) is 6.20. The molecule has 1 aromatic carbocycles. The summed E-state index contributed by atoms with van der Waals surface area (Å²) in [7, 11) is 0. The summed E-state index contributed by atoms with van der Waals surface area (Å²) in [6.45, 7) is 7.14. The summed E-state index contributed by atoms with van der Waals surface area (Å²) in [5.41, 5.74) is 4.50. The van der Waals surface area contributed by atoms with E-state index in [0.717, 1.165) is 42.5 Å². The topological polar surface area (TPSA) is 70.4 Å². The summed E-state index contributed by atoms with van der Waals surface area (Å²) < 4.78 is 2.28. The fourth-order valence-corrected chi connectivity index (χ4v) is 3.57. The van der Waals surface area contributed by atoms with E-state index in [1.54, 1.807) is 11.6 Å². The van der Waals surface area contributed by atoms with Gasteiger partial charge in [0.1, 0.15) is 0 Å². The highest BCUT2D eigenvalue weighted by atomic mass is 16.5. The van der Waals surface area contributed by atoms with Gasteiger partial charge in [0.25, 0.3) is 5.91 Å². The van der Waals surface area contributed by atoms with Gasteiger partial charge < -0.3 is 9.47 Å². The molecular weight excluding hydrogens is 328 g/mol. The summed E-state index contributed by atoms with van der Waals surface area (Å²) in [6.07, 6.45) is 11.5. The van der Waals surface area contributed by atoms with Crippen molar-refractivity contribution in [2.75, 3.05) is 19.6 Å². The van der Waals surface area contributed by atoms with Gasteiger partial charge in [0.05, 0.1) is 17.4 Å². The number of fused-ring (bicyclic) bond motifs is 1. The Bertz CT molecular complexity index is 796. The van der Waals surface area contributed by atoms with Crippen LogP contribution >= 0.6 is 0 Å². The molecule has 6 nitrogen and oxygen atoms in total. The van der Waals surface area contributed by atoms with Crippen LogP contribution < -0.4 is 5.48 Å². The standard InChI is InChI=1S/C20H26N4O2/c1-2-3-4-11-23-12-5-6-17(14-23)24-15-21-18-13-16(7-9-19(18)24)8-10-20(25)22-26/h2,7-10,13,15,17,26H,1,3-6,11-12,14H2,(H,22,25). The van der Waals surface area contributed by atoms with Crippen LogP contribution in [-0.2, 0) is 4.79 Å². The molecule has 0 radical (unpaired) electrons. The maximum atomic E-state index is 11.1. The van der Waals surface area contributed by atoms with Gasteiger partial charge in [0.2, 0.25) is 0 Å². The number of carbonyl (C=O) groups excluding carboxylic acids is 1. The number of aromatic nitrogens is 2. The first-order valence-corrected chi connectivity index (χ1v) is 9.13. The second-order valence-corrected chi connectivity index (χ2v) is 6.74. The Morgan fingerprint density at radius 2 is 2.35 bits per heavy atom. The van der Waals surface area contributed by atoms with Crippen LogP contribution in [0.4, 0.5) is 0 Å². The lowest BCUT2D eigenvalue weighted by atomic mass is 10.0. The minimum atomic E-state index is -0.547. The highest BCUT2D eigenvalue weighted by Crippen LogP contribution is 2.26. The highest BCUT2D eigenvalue weighted by Gasteiger charge is 2.22. The summed E-state index contributed by atoms with van der Waals surface area (Å²) in [6, 6.07) is 6.42. The summed E-state index contributed by atoms with van der Waals surface area (Å²) in [4.78, 5) is 18.2. The van der Waals surface area contributed by atoms with E-state index in [4.69, 9.17) is 5.21 Å². The van der Waals surface area contributed by atoms with Crippen LogP contribution in [0.1, 0.15) is 37.3 Å². The SMILES string of the molecule is C=CCCCN1CCCC(n2cnc3cc(C=CC(=O)NO)ccc32)C1. The van der Waals surface area contributed by atoms with Crippen molar-refractivity contribution in [2.24, 2.45) is 0 Å². The zero-order valence-electron chi connectivity index (χ0n) is 15.0. The lowest BCUT2D eigenvalue weighted by Crippen LogP contribution is -2.37. The molecule has 1 amide bonds. The number of nitrogens with one attached hydrogen (secondary N) is 1. The monoisotopic (exact) mass is 354 g/mol. The largest absolute Gasteiger partial charge is 0.326 e. The Labute approximate surface area is 153 Å². The predicted molar refractivity (Wildman–Crippen MR) is 103 cm³/mol. The van der Waals surface area contributed by atoms with Crippen LogP contribution in [0.5, 0.6) is 0 Å². The van der Waals surface area contributed by atoms with Gasteiger partial charge in [-0.05, 0) is 62.5 Å². The van der Waals surface area contributed by atoms with Crippen molar-refractivity contribution in [1.82, 2.24) is 19.9 Å². The van der Waals surface area contributed by atoms with Crippen LogP contribution in [0.2, 0.25) is 0 Å². The van der Waals surface area contributed by atoms with Crippen LogP contribution in [0.15, 0.2) is 43.3 Å². The maximum Gasteiger partial charge on any atom is 0.267 e. The molecule has 0 saturated carbocycles. The molecule has 1 atom stereocenters. The Balaban J connectivity index is 1.73. The van der Waals surface area contributed by atoms with Crippen molar-refractivity contribution >= 4 is 23.0 Å². The van der Waals surface area contributed by atoms with Crippen molar-refractivity contribution in [1.29, 1.82) is 0 Å². The number of hydroxylamine groups is 1. The summed E-state index contributed by atoms with van der Waals surface area (Å²) in [5, 5.41) is 8.55. The molecule has 1 aromatic heterocycles. The third kappa shape index (κ3) is 4.39. The van der Waals surface area contributed by atoms with Gasteiger partial charge in [0.15, 0.2) is 0 Å². The number of imidazole rings is 1. The van der Waals surface area contributed by atoms with Gasteiger partial charge in [-0.3, -0.25) is 10.0 Å². The number of unbranched alkanes of at least 4 members (excludes halogenated alkanes) is 1. The van der Waals surface area contributed by atoms with E-state index >= 15 is 0 Å². The van der Waals surface area contributed by atoms with E-state index in [9.17, 15) is 4.79 Å². The number of piperidine rings is 1. The molecule has 1 saturated heterocycles. The molecule has 0 aliphatic carbocycles. The first-order chi connectivity index (χ1) is 12.7. The third-order valence-corrected chi connectivity index (χ3v) is 4.89. The zero-order valence-corrected chi connectivity index (χ0v) is 15.0. The lowest BCUT2D eigenvalue weighted by molar-refractivity contribution is -0.124. The number of likely N-dealkylation sites (tertiary alicyclic amines) is 1. The van der Waals surface area contributed by atoms with Gasteiger partial charge in [0, 0.05) is 18.7 Å². The number of carbonyl (C=O) groups is 1. The van der Waals surface area contributed by atoms with Crippen molar-refractivity contribution in [3.05, 3.63) is 48.8 Å². The van der Waals surface area contributed by atoms with E-state index in [0.29, 0.717) is 6.04 Å². The molecule has 6 heteroatoms. The van der Waals surface area contributed by atoms with Gasteiger partial charge in [-0.1, -0.05) is 12.1 Å². The number of rotatable bonds is 7. The number of hydrogen-bond acceptors (Lipinski definition) is 4. The fraction of sp³-hybridized carbons (Fsp3) is 0.400. The first kappa shape index (κ1) is 18.4. The second-order valence-electron chi connectivity index (χ2n) is 6.74. The predicted octanol–water partition coefficient (Wildman–Crippen LogP) is 3.16. The van der Waals surface area contributed by atoms with Crippen LogP contribution in [0, 0.1) is 0 Å². The minimum Gasteiger partial charge on any atom is -0.326 e. The van der Waals surface area contributed by atoms with Crippen LogP contribution in [0.25, 0.3) is 17.1 Å². The van der Waals surface area contributed by atoms with Crippen molar-refractivity contribution in [3.8, 4) is 0 Å². The number of benzene rings is 1. The van der Waals surface area contributed by atoms with E-state index < -0.39 is 5.91 Å². The van der Waals surface area contributed by atoms with Gasteiger partial charge in [-0.25, -0.2) is 10.5 Å². The Hall–Kier alpha value is -2.44. The quantitative estimate of drug-likeness (QED) is 0.263. The molecule has 2 aromatic rings. The average molecular weight is 354 g/mol. The second kappa shape index (κ2) is 8.78. The van der Waals surface area contributed by atoms with Crippen LogP contribution in [0.3, 0.4) is 0 Å². The molecule has 1 unspecified atom stereocenters. The van der Waals surface area contributed by atoms with E-state index in [2.05, 4.69) is 27.1 Å². The van der Waals surface area contributed by atoms with E-state index in [1.807, 2.05) is 24.5 Å². The molecule has 0 spiro atoms. The normalized spacial score (nSPS) is 18.4. The molecule has 1 aliphatic rings. The van der Waals surface area contributed by atoms with Gasteiger partial charge in [-0.2, -0.15) is 0 Å². The number of allylic oxidation sites excluding steroid dienone is 1. The molecule has 3 rings (SSSR count). The van der Waals surface area contributed by atoms with Crippen molar-refractivity contribution in [2.45, 2.75) is 31.7 Å². The van der Waals surface area contributed by atoms with Gasteiger partial charge >= 0.3 is 0 Å². The highest BCUT2D eigenvalue weighted by molar-refractivity contribution is 5.91. The molecule has 26 heavy (non-hydrogen) atoms. The lowest BCUT2D eigenvalue weighted by Gasteiger charge is -2.33. The third-order valence-electron chi connectivity index (χ3n) is 4.89. The molecular formula is C20H26N4O2.